The summed E-state index contributed by atoms with van der Waals surface area (Å²) in [6.07, 6.45) is -0.302. The second kappa shape index (κ2) is 6.96. The molecule has 1 aliphatic heterocycles. The first-order valence-corrected chi connectivity index (χ1v) is 7.78. The molecule has 0 aromatic heterocycles. The van der Waals surface area contributed by atoms with Crippen LogP contribution in [0.1, 0.15) is 39.4 Å². The molecule has 1 fully saturated rings. The van der Waals surface area contributed by atoms with Crippen LogP contribution in [0.3, 0.4) is 0 Å². The molecule has 0 unspecified atom stereocenters. The van der Waals surface area contributed by atoms with Crippen LogP contribution in [0, 0.1) is 5.92 Å². The fourth-order valence-electron chi connectivity index (χ4n) is 2.77. The number of cyclic esters (lactones) is 1. The van der Waals surface area contributed by atoms with Gasteiger partial charge in [0.15, 0.2) is 0 Å². The lowest BCUT2D eigenvalue weighted by Crippen LogP contribution is -2.44. The lowest BCUT2D eigenvalue weighted by molar-refractivity contribution is -0.135. The summed E-state index contributed by atoms with van der Waals surface area (Å²) < 4.78 is 5.38. The van der Waals surface area contributed by atoms with E-state index in [2.05, 4.69) is 0 Å². The quantitative estimate of drug-likeness (QED) is 0.867. The Kier molecular flexibility index (Phi) is 5.21. The number of carbonyl (C=O) groups excluding carboxylic acids is 2. The van der Waals surface area contributed by atoms with Gasteiger partial charge in [-0.15, -0.1) is 0 Å². The predicted molar refractivity (Wildman–Crippen MR) is 86.6 cm³/mol. The molecular weight excluding hydrogens is 294 g/mol. The second-order valence-electron chi connectivity index (χ2n) is 5.93. The summed E-state index contributed by atoms with van der Waals surface area (Å²) in [5.41, 5.74) is 1.55. The highest BCUT2D eigenvalue weighted by Gasteiger charge is 2.45. The highest BCUT2D eigenvalue weighted by molar-refractivity contribution is 5.95. The zero-order valence-electron chi connectivity index (χ0n) is 13.9. The van der Waals surface area contributed by atoms with Crippen molar-refractivity contribution in [3.05, 3.63) is 47.5 Å². The maximum atomic E-state index is 12.6. The Labute approximate surface area is 136 Å². The average Bonchev–Trinajstić information content (AvgIpc) is 2.87. The number of aliphatic hydroxyl groups excluding tert-OH is 1. The summed E-state index contributed by atoms with van der Waals surface area (Å²) in [6, 6.07) is 8.92. The van der Waals surface area contributed by atoms with E-state index in [0.29, 0.717) is 5.57 Å². The Hall–Kier alpha value is -2.14. The molecule has 0 radical (unpaired) electrons. The Morgan fingerprint density at radius 2 is 1.96 bits per heavy atom. The number of carbonyl (C=O) groups is 2. The molecule has 4 atom stereocenters. The standard InChI is InChI=1S/C18H23NO4/c1-5-11(2)15(20)12(3)17(21)19-13(4)16(23-18(19)22)14-9-7-6-8-10-14/h5-10,12-13,15-16,20H,1-4H3/b11-5+/t12-,13+,15-,16+/m0/s1. The van der Waals surface area contributed by atoms with Crippen molar-refractivity contribution in [2.24, 2.45) is 5.92 Å². The fraction of sp³-hybridized carbons (Fsp3) is 0.444. The van der Waals surface area contributed by atoms with Crippen molar-refractivity contribution < 1.29 is 19.4 Å². The molecule has 0 aliphatic carbocycles. The van der Waals surface area contributed by atoms with Gasteiger partial charge in [-0.25, -0.2) is 9.69 Å². The molecule has 1 saturated heterocycles. The molecule has 1 aromatic rings. The first-order chi connectivity index (χ1) is 10.9. The van der Waals surface area contributed by atoms with Crippen LogP contribution >= 0.6 is 0 Å². The van der Waals surface area contributed by atoms with Gasteiger partial charge in [-0.3, -0.25) is 4.79 Å². The number of allylic oxidation sites excluding steroid dienone is 1. The number of imide groups is 1. The number of benzene rings is 1. The zero-order valence-corrected chi connectivity index (χ0v) is 13.9. The van der Waals surface area contributed by atoms with E-state index in [4.69, 9.17) is 4.74 Å². The van der Waals surface area contributed by atoms with Crippen molar-refractivity contribution in [2.45, 2.75) is 45.9 Å². The number of hydrogen-bond acceptors (Lipinski definition) is 4. The van der Waals surface area contributed by atoms with E-state index in [1.807, 2.05) is 30.3 Å². The molecule has 0 saturated carbocycles. The molecule has 1 aromatic carbocycles. The Balaban J connectivity index is 2.20. The minimum atomic E-state index is -0.914. The van der Waals surface area contributed by atoms with Crippen molar-refractivity contribution in [3.8, 4) is 0 Å². The summed E-state index contributed by atoms with van der Waals surface area (Å²) in [4.78, 5) is 25.9. The molecule has 5 heteroatoms. The second-order valence-corrected chi connectivity index (χ2v) is 5.93. The van der Waals surface area contributed by atoms with Gasteiger partial charge < -0.3 is 9.84 Å². The fourth-order valence-corrected chi connectivity index (χ4v) is 2.77. The third-order valence-electron chi connectivity index (χ3n) is 4.42. The van der Waals surface area contributed by atoms with E-state index in [1.165, 1.54) is 0 Å². The minimum absolute atomic E-state index is 0.419. The largest absolute Gasteiger partial charge is 0.439 e. The van der Waals surface area contributed by atoms with Crippen molar-refractivity contribution in [1.82, 2.24) is 4.90 Å². The van der Waals surface area contributed by atoms with Gasteiger partial charge in [0.25, 0.3) is 0 Å². The topological polar surface area (TPSA) is 66.8 Å². The van der Waals surface area contributed by atoms with Crippen LogP contribution in [-0.4, -0.2) is 34.2 Å². The van der Waals surface area contributed by atoms with Crippen molar-refractivity contribution in [3.63, 3.8) is 0 Å². The van der Waals surface area contributed by atoms with Crippen LogP contribution in [0.2, 0.25) is 0 Å². The molecule has 124 valence electrons. The third-order valence-corrected chi connectivity index (χ3v) is 4.42. The van der Waals surface area contributed by atoms with Crippen LogP contribution < -0.4 is 0 Å². The van der Waals surface area contributed by atoms with Crippen LogP contribution in [0.4, 0.5) is 4.79 Å². The van der Waals surface area contributed by atoms with Gasteiger partial charge in [0.1, 0.15) is 6.10 Å². The Morgan fingerprint density at radius 3 is 2.52 bits per heavy atom. The highest BCUT2D eigenvalue weighted by atomic mass is 16.6. The van der Waals surface area contributed by atoms with Crippen molar-refractivity contribution in [2.75, 3.05) is 0 Å². The molecular formula is C18H23NO4. The molecule has 1 N–H and O–H groups in total. The van der Waals surface area contributed by atoms with Gasteiger partial charge >= 0.3 is 6.09 Å². The monoisotopic (exact) mass is 317 g/mol. The Morgan fingerprint density at radius 1 is 1.35 bits per heavy atom. The first kappa shape index (κ1) is 17.2. The van der Waals surface area contributed by atoms with Crippen LogP contribution in [0.5, 0.6) is 0 Å². The number of ether oxygens (including phenoxy) is 1. The minimum Gasteiger partial charge on any atom is -0.439 e. The van der Waals surface area contributed by atoms with Gasteiger partial charge in [-0.05, 0) is 31.9 Å². The molecule has 0 bridgehead atoms. The van der Waals surface area contributed by atoms with Gasteiger partial charge in [-0.1, -0.05) is 43.3 Å². The van der Waals surface area contributed by atoms with E-state index in [0.717, 1.165) is 10.5 Å². The SMILES string of the molecule is C/C=C(\C)[C@H](O)[C@H](C)C(=O)N1C(=O)O[C@@H](c2ccccc2)[C@H]1C. The van der Waals surface area contributed by atoms with Crippen LogP contribution in [-0.2, 0) is 9.53 Å². The number of aliphatic hydroxyl groups is 1. The summed E-state index contributed by atoms with van der Waals surface area (Å²) in [5, 5.41) is 10.2. The highest BCUT2D eigenvalue weighted by Crippen LogP contribution is 2.33. The molecule has 23 heavy (non-hydrogen) atoms. The molecule has 2 amide bonds. The molecule has 0 spiro atoms. The third kappa shape index (κ3) is 3.29. The summed E-state index contributed by atoms with van der Waals surface area (Å²) in [6.45, 7) is 6.96. The molecule has 5 nitrogen and oxygen atoms in total. The van der Waals surface area contributed by atoms with E-state index >= 15 is 0 Å². The van der Waals surface area contributed by atoms with Crippen molar-refractivity contribution >= 4 is 12.0 Å². The van der Waals surface area contributed by atoms with E-state index in [9.17, 15) is 14.7 Å². The number of amides is 2. The van der Waals surface area contributed by atoms with E-state index in [-0.39, 0.29) is 0 Å². The number of hydrogen-bond donors (Lipinski definition) is 1. The first-order valence-electron chi connectivity index (χ1n) is 7.78. The van der Waals surface area contributed by atoms with E-state index < -0.39 is 36.2 Å². The predicted octanol–water partition coefficient (Wildman–Crippen LogP) is 3.06. The van der Waals surface area contributed by atoms with Crippen LogP contribution in [0.25, 0.3) is 0 Å². The maximum Gasteiger partial charge on any atom is 0.417 e. The number of nitrogens with zero attached hydrogens (tertiary/aromatic N) is 1. The average molecular weight is 317 g/mol. The smallest absolute Gasteiger partial charge is 0.417 e. The van der Waals surface area contributed by atoms with Crippen molar-refractivity contribution in [1.29, 1.82) is 0 Å². The van der Waals surface area contributed by atoms with Gasteiger partial charge in [-0.2, -0.15) is 0 Å². The normalized spacial score (nSPS) is 24.3. The molecule has 1 aliphatic rings. The van der Waals surface area contributed by atoms with Gasteiger partial charge in [0, 0.05) is 0 Å². The van der Waals surface area contributed by atoms with Gasteiger partial charge in [0.05, 0.1) is 18.1 Å². The number of rotatable bonds is 4. The van der Waals surface area contributed by atoms with Crippen LogP contribution in [0.15, 0.2) is 42.0 Å². The summed E-state index contributed by atoms with van der Waals surface area (Å²) in [5.74, 6) is -1.13. The zero-order chi connectivity index (χ0) is 17.1. The summed E-state index contributed by atoms with van der Waals surface area (Å²) in [7, 11) is 0. The lowest BCUT2D eigenvalue weighted by Gasteiger charge is -2.25. The summed E-state index contributed by atoms with van der Waals surface area (Å²) >= 11 is 0. The Bertz CT molecular complexity index is 611. The molecule has 1 heterocycles. The maximum absolute atomic E-state index is 12.6. The lowest BCUT2D eigenvalue weighted by atomic mass is 9.95. The van der Waals surface area contributed by atoms with E-state index in [1.54, 1.807) is 33.8 Å². The van der Waals surface area contributed by atoms with Gasteiger partial charge in [0.2, 0.25) is 5.91 Å². The molecule has 2 rings (SSSR count).